The lowest BCUT2D eigenvalue weighted by Crippen LogP contribution is -2.45. The number of H-pyrrole nitrogens is 1. The normalized spacial score (nSPS) is 33.8. The second kappa shape index (κ2) is 11.3. The topological polar surface area (TPSA) is 158 Å². The van der Waals surface area contributed by atoms with Crippen molar-refractivity contribution in [2.24, 2.45) is 17.8 Å². The number of nitrogens with zero attached hydrogens (tertiary/aromatic N) is 2. The fourth-order valence-corrected chi connectivity index (χ4v) is 8.60. The van der Waals surface area contributed by atoms with Crippen LogP contribution in [-0.2, 0) is 27.2 Å². The maximum atomic E-state index is 12.7. The van der Waals surface area contributed by atoms with E-state index in [1.165, 1.54) is 0 Å². The molecule has 12 heteroatoms. The first-order valence-corrected chi connectivity index (χ1v) is 16.4. The summed E-state index contributed by atoms with van der Waals surface area (Å²) < 4.78 is 0. The number of allylic oxidation sites excluding steroid dienone is 2. The van der Waals surface area contributed by atoms with Crippen molar-refractivity contribution in [1.82, 2.24) is 25.6 Å². The molecule has 0 aliphatic carbocycles. The van der Waals surface area contributed by atoms with E-state index in [0.29, 0.717) is 25.0 Å². The fourth-order valence-electron chi connectivity index (χ4n) is 8.30. The van der Waals surface area contributed by atoms with Gasteiger partial charge in [-0.25, -0.2) is 0 Å². The predicted molar refractivity (Wildman–Crippen MR) is 172 cm³/mol. The van der Waals surface area contributed by atoms with E-state index in [1.54, 1.807) is 6.08 Å². The van der Waals surface area contributed by atoms with Gasteiger partial charge >= 0.3 is 11.9 Å². The molecule has 0 radical (unpaired) electrons. The Morgan fingerprint density at radius 3 is 2.40 bits per heavy atom. The highest BCUT2D eigenvalue weighted by atomic mass is 32.1. The molecule has 3 saturated heterocycles. The molecule has 1 aromatic rings. The van der Waals surface area contributed by atoms with E-state index in [4.69, 9.17) is 0 Å². The molecule has 4 unspecified atom stereocenters. The number of hydrogen-bond donors (Lipinski definition) is 7. The second-order valence-corrected chi connectivity index (χ2v) is 13.6. The van der Waals surface area contributed by atoms with Crippen LogP contribution in [0.1, 0.15) is 69.0 Å². The molecular weight excluding hydrogens is 594 g/mol. The molecule has 6 rings (SSSR count). The summed E-state index contributed by atoms with van der Waals surface area (Å²) in [5, 5.41) is 40.4. The first-order chi connectivity index (χ1) is 21.4. The number of hydrogen-bond acceptors (Lipinski definition) is 8. The number of hydrazine groups is 1. The molecule has 242 valence electrons. The van der Waals surface area contributed by atoms with Gasteiger partial charge in [-0.05, 0) is 73.1 Å². The molecule has 6 N–H and O–H groups in total. The van der Waals surface area contributed by atoms with Crippen LogP contribution >= 0.6 is 12.6 Å². The number of aliphatic hydroxyl groups is 1. The van der Waals surface area contributed by atoms with Gasteiger partial charge in [-0.1, -0.05) is 26.5 Å². The number of nitrogens with one attached hydrogen (secondary N) is 3. The summed E-state index contributed by atoms with van der Waals surface area (Å²) in [5.41, 5.74) is 7.07. The SMILES string of the molecule is C=CC1=C(O)N[C@H](Cc2[nH]c(/C=C3/C(CCC(=O)O)=C(C)[C@@]45C(C6NC(=O)[C@H](C)[C@H]6CCS)N4N35)c(CCC(=O)O)c2C)C1C. The minimum Gasteiger partial charge on any atom is -0.495 e. The predicted octanol–water partition coefficient (Wildman–Crippen LogP) is 3.66. The van der Waals surface area contributed by atoms with Crippen LogP contribution in [0.25, 0.3) is 6.08 Å². The van der Waals surface area contributed by atoms with Crippen molar-refractivity contribution in [3.8, 4) is 0 Å². The third-order valence-electron chi connectivity index (χ3n) is 10.9. The largest absolute Gasteiger partial charge is 0.495 e. The Bertz CT molecular complexity index is 1580. The van der Waals surface area contributed by atoms with Crippen LogP contribution in [-0.4, -0.2) is 77.7 Å². The summed E-state index contributed by atoms with van der Waals surface area (Å²) in [6.45, 7) is 11.9. The summed E-state index contributed by atoms with van der Waals surface area (Å²) in [4.78, 5) is 39.6. The van der Waals surface area contributed by atoms with Gasteiger partial charge in [0, 0.05) is 54.1 Å². The fraction of sp³-hybridized carbons (Fsp3) is 0.545. The number of aromatic amines is 1. The van der Waals surface area contributed by atoms with Gasteiger partial charge in [-0.15, -0.1) is 0 Å². The van der Waals surface area contributed by atoms with Gasteiger partial charge in [-0.2, -0.15) is 17.6 Å². The Labute approximate surface area is 268 Å². The molecule has 0 aromatic carbocycles. The van der Waals surface area contributed by atoms with Crippen LogP contribution in [0.15, 0.2) is 41.0 Å². The highest BCUT2D eigenvalue weighted by Crippen LogP contribution is 2.75. The molecule has 45 heavy (non-hydrogen) atoms. The molecule has 1 aromatic heterocycles. The first kappa shape index (κ1) is 31.3. The average Bonchev–Trinajstić information content (AvgIpc) is 3.71. The zero-order chi connectivity index (χ0) is 32.5. The van der Waals surface area contributed by atoms with Gasteiger partial charge in [0.2, 0.25) is 5.91 Å². The summed E-state index contributed by atoms with van der Waals surface area (Å²) >= 11 is 4.46. The number of carboxylic acids is 2. The molecule has 0 saturated carbocycles. The second-order valence-electron chi connectivity index (χ2n) is 13.1. The number of carbonyl (C=O) groups excluding carboxylic acids is 1. The molecule has 1 amide bonds. The highest BCUT2D eigenvalue weighted by Gasteiger charge is 2.91. The van der Waals surface area contributed by atoms with E-state index in [9.17, 15) is 29.7 Å². The van der Waals surface area contributed by atoms with Crippen molar-refractivity contribution >= 4 is 36.6 Å². The van der Waals surface area contributed by atoms with Crippen LogP contribution < -0.4 is 10.6 Å². The summed E-state index contributed by atoms with van der Waals surface area (Å²) in [5.74, 6) is -0.733. The minimum atomic E-state index is -0.881. The maximum Gasteiger partial charge on any atom is 0.303 e. The number of amides is 1. The average molecular weight is 638 g/mol. The van der Waals surface area contributed by atoms with Crippen molar-refractivity contribution in [2.75, 3.05) is 5.75 Å². The van der Waals surface area contributed by atoms with Crippen molar-refractivity contribution < 1.29 is 29.7 Å². The van der Waals surface area contributed by atoms with Crippen LogP contribution in [0.3, 0.4) is 0 Å². The summed E-state index contributed by atoms with van der Waals surface area (Å²) in [7, 11) is 0. The standard InChI is InChI=1S/C33H43N5O6S/c1-6-19-15(2)24(35-32(19)44)13-23-16(3)20(7-9-27(39)40)25(34-23)14-26-22(8-10-28(41)42)18(5)33-30(38(33)37(26)33)29-21(11-12-45)17(4)31(43)36-29/h6,14-15,17,21,24,29-30,34-35,44-45H,1,7-13H2,2-5H3,(H,36,43)(H,39,40)(H,41,42)/b26-14-/t15?,17-,21-,24-,29?,30?,33+,37?,38?/m1/s1. The van der Waals surface area contributed by atoms with Crippen molar-refractivity contribution in [3.63, 3.8) is 0 Å². The van der Waals surface area contributed by atoms with Crippen LogP contribution in [0.4, 0.5) is 0 Å². The number of fused-ring (bicyclic) bond motifs is 1. The lowest BCUT2D eigenvalue weighted by molar-refractivity contribution is -0.138. The van der Waals surface area contributed by atoms with Gasteiger partial charge in [0.05, 0.1) is 17.8 Å². The Kier molecular flexibility index (Phi) is 7.88. The van der Waals surface area contributed by atoms with Crippen LogP contribution in [0.2, 0.25) is 0 Å². The van der Waals surface area contributed by atoms with Gasteiger partial charge in [-0.3, -0.25) is 19.4 Å². The zero-order valence-electron chi connectivity index (χ0n) is 26.2. The molecule has 6 heterocycles. The van der Waals surface area contributed by atoms with E-state index in [2.05, 4.69) is 51.8 Å². The van der Waals surface area contributed by atoms with Crippen molar-refractivity contribution in [2.45, 2.75) is 90.0 Å². The molecule has 1 spiro atoms. The van der Waals surface area contributed by atoms with Crippen LogP contribution in [0.5, 0.6) is 0 Å². The number of carboxylic acid groups (broad SMARTS) is 2. The first-order valence-electron chi connectivity index (χ1n) is 15.8. The molecule has 5 aliphatic heterocycles. The molecule has 3 fully saturated rings. The lowest BCUT2D eigenvalue weighted by atomic mass is 9.85. The molecule has 0 bridgehead atoms. The van der Waals surface area contributed by atoms with Crippen molar-refractivity contribution in [3.05, 3.63) is 63.5 Å². The number of aliphatic hydroxyl groups excluding tert-OH is 1. The third-order valence-corrected chi connectivity index (χ3v) is 11.2. The number of aliphatic carboxylic acids is 2. The Morgan fingerprint density at radius 1 is 1.09 bits per heavy atom. The van der Waals surface area contributed by atoms with Crippen LogP contribution in [0, 0.1) is 24.7 Å². The number of aromatic nitrogens is 1. The number of carbonyl (C=O) groups is 3. The highest BCUT2D eigenvalue weighted by molar-refractivity contribution is 7.80. The number of rotatable bonds is 13. The monoisotopic (exact) mass is 637 g/mol. The number of thiol groups is 1. The molecule has 8 atom stereocenters. The van der Waals surface area contributed by atoms with E-state index >= 15 is 0 Å². The van der Waals surface area contributed by atoms with Gasteiger partial charge in [0.1, 0.15) is 0 Å². The van der Waals surface area contributed by atoms with E-state index in [1.807, 2.05) is 26.8 Å². The quantitative estimate of drug-likeness (QED) is 0.127. The molecule has 11 nitrogen and oxygen atoms in total. The maximum absolute atomic E-state index is 12.7. The minimum absolute atomic E-state index is 0.00762. The molecular formula is C33H43N5O6S. The van der Waals surface area contributed by atoms with E-state index < -0.39 is 11.9 Å². The Morgan fingerprint density at radius 2 is 1.78 bits per heavy atom. The molecule has 5 aliphatic rings. The smallest absolute Gasteiger partial charge is 0.303 e. The van der Waals surface area contributed by atoms with E-state index in [-0.39, 0.29) is 66.2 Å². The Hall–Kier alpha value is -3.64. The van der Waals surface area contributed by atoms with E-state index in [0.717, 1.165) is 51.4 Å². The van der Waals surface area contributed by atoms with Gasteiger partial charge in [0.15, 0.2) is 11.5 Å². The zero-order valence-corrected chi connectivity index (χ0v) is 27.1. The van der Waals surface area contributed by atoms with Crippen molar-refractivity contribution in [1.29, 1.82) is 0 Å². The summed E-state index contributed by atoms with van der Waals surface area (Å²) in [6.07, 6.45) is 5.82. The summed E-state index contributed by atoms with van der Waals surface area (Å²) in [6, 6.07) is 0.0264. The van der Waals surface area contributed by atoms with Gasteiger partial charge < -0.3 is 30.9 Å². The van der Waals surface area contributed by atoms with Gasteiger partial charge in [0.25, 0.3) is 0 Å². The third kappa shape index (κ3) is 4.79. The lowest BCUT2D eigenvalue weighted by Gasteiger charge is -2.27. The Balaban J connectivity index is 1.34.